The zero-order valence-corrected chi connectivity index (χ0v) is 12.8. The van der Waals surface area contributed by atoms with Crippen molar-refractivity contribution in [3.63, 3.8) is 0 Å². The molecular weight excluding hydrogens is 352 g/mol. The lowest BCUT2D eigenvalue weighted by molar-refractivity contribution is -0.137. The Balaban J connectivity index is 2.49. The molecule has 10 heteroatoms. The number of nitrogen functional groups attached to an aromatic ring is 1. The minimum atomic E-state index is -4.65. The number of nitrogens with zero attached hydrogens (tertiary/aromatic N) is 1. The number of benzene rings is 1. The Hall–Kier alpha value is -0.700. The molecule has 1 aromatic rings. The summed E-state index contributed by atoms with van der Waals surface area (Å²) in [5.74, 6) is 0. The van der Waals surface area contributed by atoms with Crippen molar-refractivity contribution in [2.24, 2.45) is 0 Å². The van der Waals surface area contributed by atoms with E-state index in [0.717, 1.165) is 12.1 Å². The van der Waals surface area contributed by atoms with Crippen molar-refractivity contribution in [3.05, 3.63) is 22.2 Å². The minimum Gasteiger partial charge on any atom is -0.398 e. The van der Waals surface area contributed by atoms with Crippen LogP contribution < -0.4 is 5.73 Å². The average molecular weight is 363 g/mol. The maximum absolute atomic E-state index is 12.6. The predicted molar refractivity (Wildman–Crippen MR) is 73.8 cm³/mol. The molecule has 2 N–H and O–H groups in total. The van der Waals surface area contributed by atoms with Gasteiger partial charge in [0, 0.05) is 11.1 Å². The fourth-order valence-electron chi connectivity index (χ4n) is 1.92. The van der Waals surface area contributed by atoms with E-state index in [1.807, 2.05) is 0 Å². The highest BCUT2D eigenvalue weighted by Gasteiger charge is 2.45. The summed E-state index contributed by atoms with van der Waals surface area (Å²) < 4.78 is 63.2. The van der Waals surface area contributed by atoms with Crippen LogP contribution in [0.2, 0.25) is 10.0 Å². The Labute approximate surface area is 129 Å². The maximum atomic E-state index is 12.6. The fourth-order valence-corrected chi connectivity index (χ4v) is 4.54. The van der Waals surface area contributed by atoms with Gasteiger partial charge >= 0.3 is 6.18 Å². The highest BCUT2D eigenvalue weighted by Crippen LogP contribution is 2.39. The number of hydrogen-bond donors (Lipinski definition) is 1. The first-order valence-electron chi connectivity index (χ1n) is 5.85. The van der Waals surface area contributed by atoms with Crippen molar-refractivity contribution in [2.45, 2.75) is 30.0 Å². The summed E-state index contributed by atoms with van der Waals surface area (Å²) in [5, 5.41) is -0.196. The molecule has 0 spiro atoms. The quantitative estimate of drug-likeness (QED) is 0.835. The van der Waals surface area contributed by atoms with Crippen LogP contribution in [0.1, 0.15) is 12.8 Å². The van der Waals surface area contributed by atoms with Crippen molar-refractivity contribution < 1.29 is 21.6 Å². The van der Waals surface area contributed by atoms with Gasteiger partial charge in [0.05, 0.1) is 10.7 Å². The zero-order chi connectivity index (χ0) is 16.0. The van der Waals surface area contributed by atoms with Gasteiger partial charge in [-0.3, -0.25) is 0 Å². The molecule has 1 saturated carbocycles. The summed E-state index contributed by atoms with van der Waals surface area (Å²) in [6.07, 6.45) is -3.90. The second kappa shape index (κ2) is 5.49. The molecule has 1 aromatic carbocycles. The van der Waals surface area contributed by atoms with E-state index < -0.39 is 33.7 Å². The van der Waals surface area contributed by atoms with Crippen molar-refractivity contribution in [1.29, 1.82) is 0 Å². The number of hydrogen-bond acceptors (Lipinski definition) is 3. The van der Waals surface area contributed by atoms with Crippen molar-refractivity contribution >= 4 is 38.9 Å². The molecule has 1 aliphatic carbocycles. The van der Waals surface area contributed by atoms with Gasteiger partial charge in [0.2, 0.25) is 10.0 Å². The van der Waals surface area contributed by atoms with E-state index >= 15 is 0 Å². The smallest absolute Gasteiger partial charge is 0.398 e. The van der Waals surface area contributed by atoms with Crippen LogP contribution in [0.5, 0.6) is 0 Å². The normalized spacial score (nSPS) is 16.5. The Bertz CT molecular complexity index is 637. The van der Waals surface area contributed by atoms with Crippen LogP contribution in [0.4, 0.5) is 18.9 Å². The standard InChI is InChI=1S/C11H11Cl2F3N2O2S/c12-6-3-8(13)10(9(17)4-6)21(19,20)18(7-1-2-7)5-11(14,15)16/h3-4,7H,1-2,5,17H2. The van der Waals surface area contributed by atoms with Crippen LogP contribution in [-0.2, 0) is 10.0 Å². The lowest BCUT2D eigenvalue weighted by atomic mass is 10.3. The molecule has 0 atom stereocenters. The first-order chi connectivity index (χ1) is 9.52. The predicted octanol–water partition coefficient (Wildman–Crippen LogP) is 3.29. The summed E-state index contributed by atoms with van der Waals surface area (Å²) in [5.41, 5.74) is 5.30. The number of anilines is 1. The third-order valence-electron chi connectivity index (χ3n) is 2.89. The zero-order valence-electron chi connectivity index (χ0n) is 10.5. The molecule has 0 amide bonds. The molecule has 4 nitrogen and oxygen atoms in total. The Morgan fingerprint density at radius 1 is 1.29 bits per heavy atom. The highest BCUT2D eigenvalue weighted by molar-refractivity contribution is 7.89. The SMILES string of the molecule is Nc1cc(Cl)cc(Cl)c1S(=O)(=O)N(CC(F)(F)F)C1CC1. The Morgan fingerprint density at radius 3 is 2.29 bits per heavy atom. The van der Waals surface area contributed by atoms with Gasteiger partial charge in [0.15, 0.2) is 0 Å². The number of alkyl halides is 3. The first kappa shape index (κ1) is 16.7. The number of nitrogens with two attached hydrogens (primary N) is 1. The molecule has 0 aromatic heterocycles. The van der Waals surface area contributed by atoms with Gasteiger partial charge < -0.3 is 5.73 Å². The van der Waals surface area contributed by atoms with Crippen molar-refractivity contribution in [1.82, 2.24) is 4.31 Å². The van der Waals surface area contributed by atoms with Crippen LogP contribution >= 0.6 is 23.2 Å². The van der Waals surface area contributed by atoms with Crippen LogP contribution in [0.3, 0.4) is 0 Å². The molecule has 0 saturated heterocycles. The van der Waals surface area contributed by atoms with Gasteiger partial charge in [-0.1, -0.05) is 23.2 Å². The monoisotopic (exact) mass is 362 g/mol. The van der Waals surface area contributed by atoms with Crippen LogP contribution in [-0.4, -0.2) is 31.5 Å². The second-order valence-electron chi connectivity index (χ2n) is 4.70. The highest BCUT2D eigenvalue weighted by atomic mass is 35.5. The molecule has 1 fully saturated rings. The van der Waals surface area contributed by atoms with Gasteiger partial charge in [-0.05, 0) is 25.0 Å². The lowest BCUT2D eigenvalue weighted by Crippen LogP contribution is -2.40. The van der Waals surface area contributed by atoms with E-state index in [9.17, 15) is 21.6 Å². The molecule has 0 bridgehead atoms. The topological polar surface area (TPSA) is 63.4 Å². The molecule has 1 aliphatic rings. The Morgan fingerprint density at radius 2 is 1.86 bits per heavy atom. The summed E-state index contributed by atoms with van der Waals surface area (Å²) in [6.45, 7) is -1.57. The number of rotatable bonds is 4. The van der Waals surface area contributed by atoms with Gasteiger partial charge in [0.1, 0.15) is 11.4 Å². The van der Waals surface area contributed by atoms with Crippen LogP contribution in [0, 0.1) is 0 Å². The van der Waals surface area contributed by atoms with Crippen molar-refractivity contribution in [3.8, 4) is 0 Å². The van der Waals surface area contributed by atoms with E-state index in [4.69, 9.17) is 28.9 Å². The molecule has 118 valence electrons. The van der Waals surface area contributed by atoms with E-state index in [1.54, 1.807) is 0 Å². The van der Waals surface area contributed by atoms with E-state index in [1.165, 1.54) is 0 Å². The van der Waals surface area contributed by atoms with Crippen LogP contribution in [0.15, 0.2) is 17.0 Å². The number of halogens is 5. The largest absolute Gasteiger partial charge is 0.402 e. The maximum Gasteiger partial charge on any atom is 0.402 e. The molecule has 0 heterocycles. The van der Waals surface area contributed by atoms with Crippen LogP contribution in [0.25, 0.3) is 0 Å². The Kier molecular flexibility index (Phi) is 4.36. The fraction of sp³-hybridized carbons (Fsp3) is 0.455. The molecule has 21 heavy (non-hydrogen) atoms. The van der Waals surface area contributed by atoms with E-state index in [2.05, 4.69) is 0 Å². The molecule has 2 rings (SSSR count). The molecule has 0 aliphatic heterocycles. The summed E-state index contributed by atoms with van der Waals surface area (Å²) in [6, 6.07) is 1.59. The lowest BCUT2D eigenvalue weighted by Gasteiger charge is -2.24. The van der Waals surface area contributed by atoms with E-state index in [0.29, 0.717) is 17.1 Å². The molecule has 0 radical (unpaired) electrons. The van der Waals surface area contributed by atoms with E-state index in [-0.39, 0.29) is 15.7 Å². The van der Waals surface area contributed by atoms with Crippen molar-refractivity contribution in [2.75, 3.05) is 12.3 Å². The van der Waals surface area contributed by atoms with Gasteiger partial charge in [-0.15, -0.1) is 0 Å². The third-order valence-corrected chi connectivity index (χ3v) is 5.54. The first-order valence-corrected chi connectivity index (χ1v) is 8.05. The van der Waals surface area contributed by atoms with Gasteiger partial charge in [-0.25, -0.2) is 8.42 Å². The summed E-state index contributed by atoms with van der Waals surface area (Å²) >= 11 is 11.5. The summed E-state index contributed by atoms with van der Waals surface area (Å²) in [4.78, 5) is -0.537. The average Bonchev–Trinajstić information content (AvgIpc) is 3.05. The second-order valence-corrected chi connectivity index (χ2v) is 7.37. The van der Waals surface area contributed by atoms with Gasteiger partial charge in [0.25, 0.3) is 0 Å². The minimum absolute atomic E-state index is 0.102. The van der Waals surface area contributed by atoms with Gasteiger partial charge in [-0.2, -0.15) is 17.5 Å². The third kappa shape index (κ3) is 3.74. The summed E-state index contributed by atoms with van der Waals surface area (Å²) in [7, 11) is -4.45. The molecule has 0 unspecified atom stereocenters. The molecular formula is C11H11Cl2F3N2O2S. The number of sulfonamides is 1.